The molecule has 0 aliphatic heterocycles. The SMILES string of the molecule is Cc1c(F)ccc2c(N)onc12. The summed E-state index contributed by atoms with van der Waals surface area (Å²) < 4.78 is 17.6. The van der Waals surface area contributed by atoms with E-state index in [1.807, 2.05) is 0 Å². The number of nitrogens with two attached hydrogens (primary N) is 1. The lowest BCUT2D eigenvalue weighted by Gasteiger charge is -1.94. The van der Waals surface area contributed by atoms with Gasteiger partial charge in [-0.1, -0.05) is 5.16 Å². The number of halogens is 1. The maximum Gasteiger partial charge on any atom is 0.230 e. The first kappa shape index (κ1) is 7.09. The van der Waals surface area contributed by atoms with Gasteiger partial charge < -0.3 is 10.3 Å². The molecule has 0 radical (unpaired) electrons. The lowest BCUT2D eigenvalue weighted by molar-refractivity contribution is 0.444. The Bertz CT molecular complexity index is 436. The van der Waals surface area contributed by atoms with Gasteiger partial charge in [-0.25, -0.2) is 4.39 Å². The Morgan fingerprint density at radius 2 is 2.25 bits per heavy atom. The zero-order valence-electron chi connectivity index (χ0n) is 6.47. The molecule has 1 aromatic heterocycles. The van der Waals surface area contributed by atoms with Gasteiger partial charge in [-0.05, 0) is 19.1 Å². The van der Waals surface area contributed by atoms with Gasteiger partial charge in [0.2, 0.25) is 5.88 Å². The van der Waals surface area contributed by atoms with Gasteiger partial charge in [-0.2, -0.15) is 0 Å². The summed E-state index contributed by atoms with van der Waals surface area (Å²) in [6, 6.07) is 2.91. The van der Waals surface area contributed by atoms with Crippen LogP contribution < -0.4 is 5.73 Å². The Morgan fingerprint density at radius 3 is 3.00 bits per heavy atom. The van der Waals surface area contributed by atoms with E-state index in [1.54, 1.807) is 13.0 Å². The van der Waals surface area contributed by atoms with E-state index >= 15 is 0 Å². The second-order valence-electron chi connectivity index (χ2n) is 2.62. The maximum atomic E-state index is 12.9. The molecule has 4 heteroatoms. The second-order valence-corrected chi connectivity index (χ2v) is 2.62. The summed E-state index contributed by atoms with van der Waals surface area (Å²) in [6.07, 6.45) is 0. The van der Waals surface area contributed by atoms with Crippen molar-refractivity contribution in [1.29, 1.82) is 0 Å². The third-order valence-corrected chi connectivity index (χ3v) is 1.87. The van der Waals surface area contributed by atoms with Crippen LogP contribution >= 0.6 is 0 Å². The number of hydrogen-bond donors (Lipinski definition) is 1. The van der Waals surface area contributed by atoms with Crippen LogP contribution in [0.5, 0.6) is 0 Å². The number of rotatable bonds is 0. The highest BCUT2D eigenvalue weighted by Crippen LogP contribution is 2.24. The minimum atomic E-state index is -0.296. The molecule has 12 heavy (non-hydrogen) atoms. The van der Waals surface area contributed by atoms with Crippen LogP contribution in [-0.2, 0) is 0 Å². The Morgan fingerprint density at radius 1 is 1.50 bits per heavy atom. The highest BCUT2D eigenvalue weighted by Gasteiger charge is 2.09. The Hall–Kier alpha value is -1.58. The van der Waals surface area contributed by atoms with E-state index < -0.39 is 0 Å². The molecule has 0 fully saturated rings. The normalized spacial score (nSPS) is 10.8. The summed E-state index contributed by atoms with van der Waals surface area (Å²) in [6.45, 7) is 1.64. The lowest BCUT2D eigenvalue weighted by atomic mass is 10.1. The van der Waals surface area contributed by atoms with Gasteiger partial charge in [0.25, 0.3) is 0 Å². The van der Waals surface area contributed by atoms with Gasteiger partial charge >= 0.3 is 0 Å². The number of anilines is 1. The van der Waals surface area contributed by atoms with Crippen LogP contribution in [0.25, 0.3) is 10.9 Å². The smallest absolute Gasteiger partial charge is 0.230 e. The fourth-order valence-electron chi connectivity index (χ4n) is 1.14. The molecule has 0 unspecified atom stereocenters. The molecule has 2 N–H and O–H groups in total. The summed E-state index contributed by atoms with van der Waals surface area (Å²) in [5.41, 5.74) is 6.40. The van der Waals surface area contributed by atoms with E-state index in [-0.39, 0.29) is 11.7 Å². The Balaban J connectivity index is 2.93. The topological polar surface area (TPSA) is 52.0 Å². The monoisotopic (exact) mass is 166 g/mol. The average molecular weight is 166 g/mol. The van der Waals surface area contributed by atoms with Gasteiger partial charge in [-0.3, -0.25) is 0 Å². The van der Waals surface area contributed by atoms with Crippen LogP contribution in [0.2, 0.25) is 0 Å². The van der Waals surface area contributed by atoms with Gasteiger partial charge in [0.15, 0.2) is 0 Å². The fourth-order valence-corrected chi connectivity index (χ4v) is 1.14. The number of aromatic nitrogens is 1. The largest absolute Gasteiger partial charge is 0.367 e. The summed E-state index contributed by atoms with van der Waals surface area (Å²) in [7, 11) is 0. The molecular weight excluding hydrogens is 159 g/mol. The van der Waals surface area contributed by atoms with Crippen LogP contribution in [0.4, 0.5) is 10.3 Å². The fraction of sp³-hybridized carbons (Fsp3) is 0.125. The molecule has 0 saturated heterocycles. The van der Waals surface area contributed by atoms with Crippen LogP contribution in [0.15, 0.2) is 16.7 Å². The van der Waals surface area contributed by atoms with Gasteiger partial charge in [-0.15, -0.1) is 0 Å². The van der Waals surface area contributed by atoms with Gasteiger partial charge in [0.1, 0.15) is 11.3 Å². The predicted molar refractivity (Wildman–Crippen MR) is 43.1 cm³/mol. The summed E-state index contributed by atoms with van der Waals surface area (Å²) in [5, 5.41) is 4.30. The minimum absolute atomic E-state index is 0.230. The first-order valence-electron chi connectivity index (χ1n) is 3.50. The van der Waals surface area contributed by atoms with Crippen molar-refractivity contribution in [1.82, 2.24) is 5.16 Å². The van der Waals surface area contributed by atoms with Crippen molar-refractivity contribution in [3.05, 3.63) is 23.5 Å². The quantitative estimate of drug-likeness (QED) is 0.649. The lowest BCUT2D eigenvalue weighted by Crippen LogP contribution is -1.84. The average Bonchev–Trinajstić information content (AvgIpc) is 2.41. The third kappa shape index (κ3) is 0.777. The molecule has 2 aromatic rings. The number of nitrogens with zero attached hydrogens (tertiary/aromatic N) is 1. The van der Waals surface area contributed by atoms with Crippen LogP contribution in [-0.4, -0.2) is 5.16 Å². The molecule has 0 aliphatic rings. The van der Waals surface area contributed by atoms with Crippen molar-refractivity contribution in [2.24, 2.45) is 0 Å². The van der Waals surface area contributed by atoms with Crippen molar-refractivity contribution in [2.75, 3.05) is 5.73 Å². The first-order chi connectivity index (χ1) is 5.70. The number of aryl methyl sites for hydroxylation is 1. The predicted octanol–water partition coefficient (Wildman–Crippen LogP) is 1.86. The molecule has 0 amide bonds. The van der Waals surface area contributed by atoms with Crippen molar-refractivity contribution < 1.29 is 8.91 Å². The molecule has 1 aromatic carbocycles. The molecule has 62 valence electrons. The highest BCUT2D eigenvalue weighted by atomic mass is 19.1. The van der Waals surface area contributed by atoms with E-state index in [1.165, 1.54) is 6.07 Å². The van der Waals surface area contributed by atoms with Crippen molar-refractivity contribution in [3.63, 3.8) is 0 Å². The molecule has 1 heterocycles. The number of nitrogen functional groups attached to an aromatic ring is 1. The summed E-state index contributed by atoms with van der Waals surface area (Å²) in [5.74, 6) is -0.0658. The molecule has 3 nitrogen and oxygen atoms in total. The molecule has 0 aliphatic carbocycles. The summed E-state index contributed by atoms with van der Waals surface area (Å²) in [4.78, 5) is 0. The van der Waals surface area contributed by atoms with Crippen LogP contribution in [0, 0.1) is 12.7 Å². The van der Waals surface area contributed by atoms with E-state index in [9.17, 15) is 4.39 Å². The first-order valence-corrected chi connectivity index (χ1v) is 3.50. The highest BCUT2D eigenvalue weighted by molar-refractivity contribution is 5.89. The molecule has 0 atom stereocenters. The van der Waals surface area contributed by atoms with Crippen LogP contribution in [0.3, 0.4) is 0 Å². The number of fused-ring (bicyclic) bond motifs is 1. The van der Waals surface area contributed by atoms with Crippen molar-refractivity contribution in [3.8, 4) is 0 Å². The Labute approximate surface area is 67.9 Å². The molecule has 2 rings (SSSR count). The van der Waals surface area contributed by atoms with Gasteiger partial charge in [0, 0.05) is 5.56 Å². The van der Waals surface area contributed by atoms with E-state index in [0.29, 0.717) is 16.5 Å². The second kappa shape index (κ2) is 2.20. The van der Waals surface area contributed by atoms with E-state index in [0.717, 1.165) is 0 Å². The zero-order chi connectivity index (χ0) is 8.72. The Kier molecular flexibility index (Phi) is 1.30. The number of benzene rings is 1. The van der Waals surface area contributed by atoms with Gasteiger partial charge in [0.05, 0.1) is 5.39 Å². The minimum Gasteiger partial charge on any atom is -0.367 e. The maximum absolute atomic E-state index is 12.9. The van der Waals surface area contributed by atoms with Crippen molar-refractivity contribution >= 4 is 16.8 Å². The molecule has 0 saturated carbocycles. The molecular formula is C8H7FN2O. The van der Waals surface area contributed by atoms with Crippen molar-refractivity contribution in [2.45, 2.75) is 6.92 Å². The van der Waals surface area contributed by atoms with E-state index in [2.05, 4.69) is 5.16 Å². The van der Waals surface area contributed by atoms with E-state index in [4.69, 9.17) is 10.3 Å². The zero-order valence-corrected chi connectivity index (χ0v) is 6.47. The standard InChI is InChI=1S/C8H7FN2O/c1-4-6(9)3-2-5-7(4)11-12-8(5)10/h2-3H,10H2,1H3. The number of hydrogen-bond acceptors (Lipinski definition) is 3. The third-order valence-electron chi connectivity index (χ3n) is 1.87. The summed E-state index contributed by atoms with van der Waals surface area (Å²) >= 11 is 0. The molecule has 0 spiro atoms. The van der Waals surface area contributed by atoms with Crippen LogP contribution in [0.1, 0.15) is 5.56 Å². The molecule has 0 bridgehead atoms.